The maximum Gasteiger partial charge on any atom is 0.241 e. The van der Waals surface area contributed by atoms with E-state index >= 15 is 0 Å². The van der Waals surface area contributed by atoms with Gasteiger partial charge >= 0.3 is 0 Å². The van der Waals surface area contributed by atoms with Crippen LogP contribution in [0.2, 0.25) is 0 Å². The topological polar surface area (TPSA) is 59.0 Å². The Kier molecular flexibility index (Phi) is 2.90. The first-order chi connectivity index (χ1) is 8.33. The molecule has 2 aliphatic rings. The fourth-order valence-electron chi connectivity index (χ4n) is 1.98. The van der Waals surface area contributed by atoms with Crippen molar-refractivity contribution in [2.75, 3.05) is 12.3 Å². The molecule has 3 rings (SSSR count). The molecule has 0 radical (unpaired) electrons. The van der Waals surface area contributed by atoms with Gasteiger partial charge < -0.3 is 9.88 Å². The summed E-state index contributed by atoms with van der Waals surface area (Å²) in [6.45, 7) is 2.30. The van der Waals surface area contributed by atoms with Crippen molar-refractivity contribution in [2.45, 2.75) is 24.3 Å². The minimum atomic E-state index is -0.182. The Morgan fingerprint density at radius 3 is 3.41 bits per heavy atom. The summed E-state index contributed by atoms with van der Waals surface area (Å²) in [7, 11) is 0. The first-order valence-corrected chi connectivity index (χ1v) is 6.68. The molecule has 0 bridgehead atoms. The van der Waals surface area contributed by atoms with Crippen LogP contribution in [0.1, 0.15) is 5.69 Å². The monoisotopic (exact) mass is 250 g/mol. The summed E-state index contributed by atoms with van der Waals surface area (Å²) in [6.07, 6.45) is 5.87. The summed E-state index contributed by atoms with van der Waals surface area (Å²) < 4.78 is 2.14. The quantitative estimate of drug-likeness (QED) is 0.749. The summed E-state index contributed by atoms with van der Waals surface area (Å²) in [5.41, 5.74) is 0.933. The minimum Gasteiger partial charge on any atom is -0.349 e. The van der Waals surface area contributed by atoms with Crippen LogP contribution in [-0.2, 0) is 17.9 Å². The van der Waals surface area contributed by atoms with Crippen LogP contribution in [0.4, 0.5) is 0 Å². The van der Waals surface area contributed by atoms with E-state index in [0.29, 0.717) is 6.54 Å². The summed E-state index contributed by atoms with van der Waals surface area (Å²) in [5, 5.41) is 7.03. The SMILES string of the molecule is O=C(NCc1cn2c(n1)SCC2)C1C=CCN1. The van der Waals surface area contributed by atoms with Gasteiger partial charge in [0.15, 0.2) is 5.16 Å². The Morgan fingerprint density at radius 2 is 2.65 bits per heavy atom. The summed E-state index contributed by atoms with van der Waals surface area (Å²) in [6, 6.07) is -0.182. The molecule has 0 saturated heterocycles. The molecule has 6 heteroatoms. The van der Waals surface area contributed by atoms with Crippen LogP contribution >= 0.6 is 11.8 Å². The largest absolute Gasteiger partial charge is 0.349 e. The molecule has 0 aromatic carbocycles. The predicted octanol–water partition coefficient (Wildman–Crippen LogP) is 0.133. The van der Waals surface area contributed by atoms with Gasteiger partial charge in [0.25, 0.3) is 0 Å². The number of nitrogens with one attached hydrogen (secondary N) is 2. The Balaban J connectivity index is 1.56. The van der Waals surface area contributed by atoms with Crippen LogP contribution in [-0.4, -0.2) is 33.8 Å². The van der Waals surface area contributed by atoms with Crippen LogP contribution in [0, 0.1) is 0 Å². The number of nitrogens with zero attached hydrogens (tertiary/aromatic N) is 2. The molecule has 17 heavy (non-hydrogen) atoms. The van der Waals surface area contributed by atoms with Gasteiger partial charge in [0.2, 0.25) is 5.91 Å². The minimum absolute atomic E-state index is 0.0135. The lowest BCUT2D eigenvalue weighted by Gasteiger charge is -2.08. The second-order valence-electron chi connectivity index (χ2n) is 4.09. The summed E-state index contributed by atoms with van der Waals surface area (Å²) in [4.78, 5) is 16.2. The van der Waals surface area contributed by atoms with Crippen molar-refractivity contribution < 1.29 is 4.79 Å². The van der Waals surface area contributed by atoms with E-state index in [-0.39, 0.29) is 11.9 Å². The zero-order valence-corrected chi connectivity index (χ0v) is 10.2. The van der Waals surface area contributed by atoms with E-state index < -0.39 is 0 Å². The van der Waals surface area contributed by atoms with Crippen molar-refractivity contribution in [3.8, 4) is 0 Å². The highest BCUT2D eigenvalue weighted by Gasteiger charge is 2.18. The highest BCUT2D eigenvalue weighted by atomic mass is 32.2. The van der Waals surface area contributed by atoms with Crippen molar-refractivity contribution in [2.24, 2.45) is 0 Å². The first kappa shape index (κ1) is 10.9. The third-order valence-electron chi connectivity index (χ3n) is 2.86. The first-order valence-electron chi connectivity index (χ1n) is 5.69. The Hall–Kier alpha value is -1.27. The number of imidazole rings is 1. The molecule has 3 heterocycles. The van der Waals surface area contributed by atoms with E-state index in [2.05, 4.69) is 20.2 Å². The van der Waals surface area contributed by atoms with Gasteiger partial charge in [-0.1, -0.05) is 23.9 Å². The van der Waals surface area contributed by atoms with Gasteiger partial charge in [-0.2, -0.15) is 0 Å². The van der Waals surface area contributed by atoms with Gasteiger partial charge in [-0.05, 0) is 0 Å². The van der Waals surface area contributed by atoms with Crippen LogP contribution in [0.15, 0.2) is 23.5 Å². The molecule has 1 amide bonds. The normalized spacial score (nSPS) is 21.8. The van der Waals surface area contributed by atoms with Gasteiger partial charge in [0.1, 0.15) is 6.04 Å². The average Bonchev–Trinajstić information content (AvgIpc) is 3.01. The lowest BCUT2D eigenvalue weighted by Crippen LogP contribution is -2.40. The molecule has 0 spiro atoms. The maximum atomic E-state index is 11.7. The summed E-state index contributed by atoms with van der Waals surface area (Å²) in [5.74, 6) is 1.12. The van der Waals surface area contributed by atoms with Gasteiger partial charge in [0.05, 0.1) is 12.2 Å². The zero-order valence-electron chi connectivity index (χ0n) is 9.35. The fraction of sp³-hybridized carbons (Fsp3) is 0.455. The van der Waals surface area contributed by atoms with Crippen LogP contribution in [0.3, 0.4) is 0 Å². The molecule has 2 N–H and O–H groups in total. The average molecular weight is 250 g/mol. The predicted molar refractivity (Wildman–Crippen MR) is 65.7 cm³/mol. The second-order valence-corrected chi connectivity index (χ2v) is 5.15. The van der Waals surface area contributed by atoms with E-state index in [1.54, 1.807) is 11.8 Å². The van der Waals surface area contributed by atoms with Crippen molar-refractivity contribution in [1.82, 2.24) is 20.2 Å². The molecule has 0 fully saturated rings. The molecule has 1 atom stereocenters. The molecule has 5 nitrogen and oxygen atoms in total. The number of carbonyl (C=O) groups excluding carboxylic acids is 1. The second kappa shape index (κ2) is 4.54. The number of hydrogen-bond donors (Lipinski definition) is 2. The van der Waals surface area contributed by atoms with E-state index in [1.165, 1.54) is 0 Å². The molecule has 0 saturated carbocycles. The number of fused-ring (bicyclic) bond motifs is 1. The Labute approximate surface area is 104 Å². The van der Waals surface area contributed by atoms with Crippen molar-refractivity contribution in [3.63, 3.8) is 0 Å². The van der Waals surface area contributed by atoms with Gasteiger partial charge in [0, 0.05) is 25.0 Å². The van der Waals surface area contributed by atoms with Crippen molar-refractivity contribution in [1.29, 1.82) is 0 Å². The maximum absolute atomic E-state index is 11.7. The molecular weight excluding hydrogens is 236 g/mol. The van der Waals surface area contributed by atoms with Crippen LogP contribution < -0.4 is 10.6 Å². The molecule has 1 aromatic rings. The highest BCUT2D eigenvalue weighted by molar-refractivity contribution is 7.99. The number of carbonyl (C=O) groups is 1. The fourth-order valence-corrected chi connectivity index (χ4v) is 2.94. The smallest absolute Gasteiger partial charge is 0.241 e. The van der Waals surface area contributed by atoms with Gasteiger partial charge in [-0.15, -0.1) is 0 Å². The molecule has 2 aliphatic heterocycles. The number of amides is 1. The molecule has 0 aliphatic carbocycles. The highest BCUT2D eigenvalue weighted by Crippen LogP contribution is 2.24. The molecular formula is C11H14N4OS. The lowest BCUT2D eigenvalue weighted by molar-refractivity contribution is -0.122. The number of rotatable bonds is 3. The number of aromatic nitrogens is 2. The van der Waals surface area contributed by atoms with Gasteiger partial charge in [-0.25, -0.2) is 4.98 Å². The third kappa shape index (κ3) is 2.23. The van der Waals surface area contributed by atoms with Crippen molar-refractivity contribution >= 4 is 17.7 Å². The number of hydrogen-bond acceptors (Lipinski definition) is 4. The molecule has 1 unspecified atom stereocenters. The molecule has 90 valence electrons. The standard InChI is InChI=1S/C11H14N4OS/c16-10(9-2-1-3-12-9)13-6-8-7-15-4-5-17-11(15)14-8/h1-2,7,9,12H,3-6H2,(H,13,16). The van der Waals surface area contributed by atoms with E-state index in [4.69, 9.17) is 0 Å². The zero-order chi connectivity index (χ0) is 11.7. The van der Waals surface area contributed by atoms with E-state index in [0.717, 1.165) is 29.7 Å². The van der Waals surface area contributed by atoms with E-state index in [9.17, 15) is 4.79 Å². The Bertz CT molecular complexity index is 447. The van der Waals surface area contributed by atoms with Crippen molar-refractivity contribution in [3.05, 3.63) is 24.0 Å². The van der Waals surface area contributed by atoms with Crippen LogP contribution in [0.25, 0.3) is 0 Å². The number of aryl methyl sites for hydroxylation is 1. The third-order valence-corrected chi connectivity index (χ3v) is 3.83. The van der Waals surface area contributed by atoms with Gasteiger partial charge in [-0.3, -0.25) is 10.1 Å². The number of thioether (sulfide) groups is 1. The summed E-state index contributed by atoms with van der Waals surface area (Å²) >= 11 is 1.76. The molecule has 1 aromatic heterocycles. The lowest BCUT2D eigenvalue weighted by atomic mass is 10.3. The Morgan fingerprint density at radius 1 is 1.71 bits per heavy atom. The van der Waals surface area contributed by atoms with E-state index in [1.807, 2.05) is 18.3 Å². The van der Waals surface area contributed by atoms with Crippen LogP contribution in [0.5, 0.6) is 0 Å².